The number of benzene rings is 1. The quantitative estimate of drug-likeness (QED) is 0.783. The monoisotopic (exact) mass is 388 g/mol. The normalized spacial score (nSPS) is 18.9. The third-order valence-electron chi connectivity index (χ3n) is 2.86. The molecular weight excluding hydrogens is 380 g/mol. The summed E-state index contributed by atoms with van der Waals surface area (Å²) in [6.45, 7) is 0. The topological polar surface area (TPSA) is 66.5 Å². The van der Waals surface area contributed by atoms with Gasteiger partial charge < -0.3 is 5.32 Å². The van der Waals surface area contributed by atoms with Crippen molar-refractivity contribution < 1.29 is 14.4 Å². The van der Waals surface area contributed by atoms with Crippen LogP contribution >= 0.6 is 31.9 Å². The van der Waals surface area contributed by atoms with E-state index >= 15 is 0 Å². The summed E-state index contributed by atoms with van der Waals surface area (Å²) in [5, 5.41) is 2.57. The van der Waals surface area contributed by atoms with Crippen LogP contribution < -0.4 is 5.32 Å². The Labute approximate surface area is 126 Å². The Morgan fingerprint density at radius 1 is 1.37 bits per heavy atom. The Balaban J connectivity index is 2.16. The Morgan fingerprint density at radius 2 is 2.05 bits per heavy atom. The van der Waals surface area contributed by atoms with E-state index in [9.17, 15) is 14.4 Å². The predicted molar refractivity (Wildman–Crippen MR) is 75.5 cm³/mol. The van der Waals surface area contributed by atoms with Gasteiger partial charge in [-0.2, -0.15) is 0 Å². The molecule has 1 heterocycles. The first kappa shape index (κ1) is 14.2. The molecule has 1 aliphatic heterocycles. The van der Waals surface area contributed by atoms with Crippen molar-refractivity contribution in [2.45, 2.75) is 12.5 Å². The first-order valence-electron chi connectivity index (χ1n) is 5.46. The Kier molecular flexibility index (Phi) is 4.05. The minimum atomic E-state index is -0.782. The molecular formula is C12H10Br2N2O3. The standard InChI is InChI=1S/C12H10Br2N2O3/c1-16-10(17)5-9(12(16)19)15-11(18)7-4-6(13)2-3-8(7)14/h2-4,9H,5H2,1H3,(H,15,18). The Hall–Kier alpha value is -1.21. The number of halogens is 2. The van der Waals surface area contributed by atoms with E-state index < -0.39 is 11.9 Å². The summed E-state index contributed by atoms with van der Waals surface area (Å²) in [5.74, 6) is -1.07. The SMILES string of the molecule is CN1C(=O)CC(NC(=O)c2cc(Br)ccc2Br)C1=O. The van der Waals surface area contributed by atoms with Gasteiger partial charge in [-0.3, -0.25) is 19.3 Å². The number of nitrogens with zero attached hydrogens (tertiary/aromatic N) is 1. The summed E-state index contributed by atoms with van der Waals surface area (Å²) in [6.07, 6.45) is 0.00664. The molecule has 7 heteroatoms. The molecule has 1 atom stereocenters. The zero-order valence-electron chi connectivity index (χ0n) is 9.94. The van der Waals surface area contributed by atoms with E-state index in [1.807, 2.05) is 0 Å². The molecule has 1 N–H and O–H groups in total. The number of likely N-dealkylation sites (N-methyl/N-ethyl adjacent to an activating group) is 1. The zero-order chi connectivity index (χ0) is 14.2. The van der Waals surface area contributed by atoms with Crippen molar-refractivity contribution in [3.63, 3.8) is 0 Å². The summed E-state index contributed by atoms with van der Waals surface area (Å²) in [6, 6.07) is 4.38. The van der Waals surface area contributed by atoms with Gasteiger partial charge in [-0.25, -0.2) is 0 Å². The highest BCUT2D eigenvalue weighted by Gasteiger charge is 2.37. The van der Waals surface area contributed by atoms with Crippen molar-refractivity contribution in [1.29, 1.82) is 0 Å². The van der Waals surface area contributed by atoms with E-state index in [1.165, 1.54) is 7.05 Å². The predicted octanol–water partition coefficient (Wildman–Crippen LogP) is 1.70. The van der Waals surface area contributed by atoms with Gasteiger partial charge in [0.25, 0.3) is 11.8 Å². The molecule has 0 aromatic heterocycles. The average molecular weight is 390 g/mol. The van der Waals surface area contributed by atoms with Crippen LogP contribution in [0.2, 0.25) is 0 Å². The molecule has 1 aromatic rings. The maximum Gasteiger partial charge on any atom is 0.253 e. The second-order valence-corrected chi connectivity index (χ2v) is 5.92. The maximum atomic E-state index is 12.1. The summed E-state index contributed by atoms with van der Waals surface area (Å²) in [7, 11) is 1.41. The van der Waals surface area contributed by atoms with Crippen molar-refractivity contribution in [3.05, 3.63) is 32.7 Å². The third kappa shape index (κ3) is 2.87. The summed E-state index contributed by atoms with van der Waals surface area (Å²) in [5.41, 5.74) is 0.407. The molecule has 0 radical (unpaired) electrons. The molecule has 0 spiro atoms. The van der Waals surface area contributed by atoms with Crippen molar-refractivity contribution in [2.75, 3.05) is 7.05 Å². The summed E-state index contributed by atoms with van der Waals surface area (Å²) >= 11 is 6.55. The van der Waals surface area contributed by atoms with E-state index in [1.54, 1.807) is 18.2 Å². The first-order chi connectivity index (χ1) is 8.90. The fourth-order valence-electron chi connectivity index (χ4n) is 1.78. The molecule has 1 unspecified atom stereocenters. The number of hydrogen-bond donors (Lipinski definition) is 1. The number of rotatable bonds is 2. The molecule has 0 aliphatic carbocycles. The zero-order valence-corrected chi connectivity index (χ0v) is 13.1. The van der Waals surface area contributed by atoms with Crippen LogP contribution in [-0.4, -0.2) is 35.7 Å². The molecule has 0 bridgehead atoms. The third-order valence-corrected chi connectivity index (χ3v) is 4.04. The van der Waals surface area contributed by atoms with E-state index in [0.29, 0.717) is 10.0 Å². The fourth-order valence-corrected chi connectivity index (χ4v) is 2.56. The minimum absolute atomic E-state index is 0.00664. The number of imide groups is 1. The fraction of sp³-hybridized carbons (Fsp3) is 0.250. The lowest BCUT2D eigenvalue weighted by Crippen LogP contribution is -2.40. The molecule has 1 aliphatic rings. The van der Waals surface area contributed by atoms with Crippen molar-refractivity contribution in [3.8, 4) is 0 Å². The van der Waals surface area contributed by atoms with Gasteiger partial charge in [-0.15, -0.1) is 0 Å². The number of likely N-dealkylation sites (tertiary alicyclic amines) is 1. The lowest BCUT2D eigenvalue weighted by Gasteiger charge is -2.12. The van der Waals surface area contributed by atoms with Crippen LogP contribution in [-0.2, 0) is 9.59 Å². The smallest absolute Gasteiger partial charge is 0.253 e. The highest BCUT2D eigenvalue weighted by Crippen LogP contribution is 2.22. The largest absolute Gasteiger partial charge is 0.340 e. The highest BCUT2D eigenvalue weighted by molar-refractivity contribution is 9.11. The molecule has 2 rings (SSSR count). The maximum absolute atomic E-state index is 12.1. The van der Waals surface area contributed by atoms with Gasteiger partial charge in [-0.05, 0) is 34.1 Å². The number of hydrogen-bond acceptors (Lipinski definition) is 3. The number of amides is 3. The van der Waals surface area contributed by atoms with Crippen LogP contribution in [0.3, 0.4) is 0 Å². The van der Waals surface area contributed by atoms with E-state index in [0.717, 1.165) is 9.37 Å². The van der Waals surface area contributed by atoms with Crippen molar-refractivity contribution in [1.82, 2.24) is 10.2 Å². The van der Waals surface area contributed by atoms with Crippen LogP contribution in [0.25, 0.3) is 0 Å². The molecule has 1 fully saturated rings. The molecule has 1 saturated heterocycles. The van der Waals surface area contributed by atoms with Crippen molar-refractivity contribution in [2.24, 2.45) is 0 Å². The van der Waals surface area contributed by atoms with Gasteiger partial charge >= 0.3 is 0 Å². The molecule has 5 nitrogen and oxygen atoms in total. The van der Waals surface area contributed by atoms with Crippen LogP contribution in [0, 0.1) is 0 Å². The minimum Gasteiger partial charge on any atom is -0.340 e. The second-order valence-electron chi connectivity index (χ2n) is 4.15. The van der Waals surface area contributed by atoms with Crippen LogP contribution in [0.15, 0.2) is 27.1 Å². The van der Waals surface area contributed by atoms with Gasteiger partial charge in [0.1, 0.15) is 6.04 Å². The first-order valence-corrected chi connectivity index (χ1v) is 7.05. The Bertz CT molecular complexity index is 574. The molecule has 19 heavy (non-hydrogen) atoms. The number of carbonyl (C=O) groups excluding carboxylic acids is 3. The van der Waals surface area contributed by atoms with Gasteiger partial charge in [0.05, 0.1) is 12.0 Å². The number of nitrogens with one attached hydrogen (secondary N) is 1. The van der Waals surface area contributed by atoms with Gasteiger partial charge in [-0.1, -0.05) is 15.9 Å². The lowest BCUT2D eigenvalue weighted by atomic mass is 10.2. The van der Waals surface area contributed by atoms with Crippen LogP contribution in [0.4, 0.5) is 0 Å². The van der Waals surface area contributed by atoms with Gasteiger partial charge in [0, 0.05) is 16.0 Å². The van der Waals surface area contributed by atoms with E-state index in [-0.39, 0.29) is 18.2 Å². The molecule has 1 aromatic carbocycles. The van der Waals surface area contributed by atoms with E-state index in [2.05, 4.69) is 37.2 Å². The van der Waals surface area contributed by atoms with Crippen LogP contribution in [0.5, 0.6) is 0 Å². The van der Waals surface area contributed by atoms with Crippen molar-refractivity contribution >= 4 is 49.6 Å². The Morgan fingerprint density at radius 3 is 2.63 bits per heavy atom. The summed E-state index contributed by atoms with van der Waals surface area (Å²) in [4.78, 5) is 36.2. The molecule has 0 saturated carbocycles. The average Bonchev–Trinajstić information content (AvgIpc) is 2.60. The molecule has 3 amide bonds. The van der Waals surface area contributed by atoms with Crippen LogP contribution in [0.1, 0.15) is 16.8 Å². The van der Waals surface area contributed by atoms with Gasteiger partial charge in [0.2, 0.25) is 5.91 Å². The lowest BCUT2D eigenvalue weighted by molar-refractivity contribution is -0.137. The molecule has 100 valence electrons. The second kappa shape index (κ2) is 5.42. The summed E-state index contributed by atoms with van der Waals surface area (Å²) < 4.78 is 1.38. The number of carbonyl (C=O) groups is 3. The van der Waals surface area contributed by atoms with E-state index in [4.69, 9.17) is 0 Å². The highest BCUT2D eigenvalue weighted by atomic mass is 79.9. The van der Waals surface area contributed by atoms with Gasteiger partial charge in [0.15, 0.2) is 0 Å².